The summed E-state index contributed by atoms with van der Waals surface area (Å²) in [6.07, 6.45) is 0. The lowest BCUT2D eigenvalue weighted by atomic mass is 10.2. The van der Waals surface area contributed by atoms with Gasteiger partial charge in [0.1, 0.15) is 29.2 Å². The average Bonchev–Trinajstić information content (AvgIpc) is 3.22. The van der Waals surface area contributed by atoms with E-state index in [0.717, 1.165) is 5.01 Å². The van der Waals surface area contributed by atoms with Crippen LogP contribution in [-0.4, -0.2) is 16.1 Å². The van der Waals surface area contributed by atoms with Gasteiger partial charge in [-0.15, -0.1) is 10.2 Å². The average molecular weight is 340 g/mol. The highest BCUT2D eigenvalue weighted by Gasteiger charge is 2.14. The maximum absolute atomic E-state index is 12.1. The van der Waals surface area contributed by atoms with Crippen molar-refractivity contribution in [2.75, 3.05) is 5.32 Å². The second-order valence-electron chi connectivity index (χ2n) is 4.74. The second-order valence-corrected chi connectivity index (χ2v) is 5.92. The van der Waals surface area contributed by atoms with Gasteiger partial charge in [-0.1, -0.05) is 23.5 Å². The van der Waals surface area contributed by atoms with E-state index in [9.17, 15) is 4.79 Å². The minimum absolute atomic E-state index is 0.115. The number of aryl methyl sites for hydroxylation is 1. The molecule has 1 amide bonds. The van der Waals surface area contributed by atoms with Crippen LogP contribution in [-0.2, 0) is 6.61 Å². The summed E-state index contributed by atoms with van der Waals surface area (Å²) in [6.45, 7) is 1.92. The van der Waals surface area contributed by atoms with Crippen molar-refractivity contribution in [1.29, 1.82) is 5.26 Å². The SMILES string of the molecule is Cc1nnc(NC(=O)c2ccc(COc3ccccc3C#N)o2)s1. The lowest BCUT2D eigenvalue weighted by Gasteiger charge is -2.05. The number of nitrogens with zero attached hydrogens (tertiary/aromatic N) is 3. The summed E-state index contributed by atoms with van der Waals surface area (Å²) in [5.41, 5.74) is 0.439. The van der Waals surface area contributed by atoms with Gasteiger partial charge in [-0.3, -0.25) is 10.1 Å². The van der Waals surface area contributed by atoms with Gasteiger partial charge in [0, 0.05) is 0 Å². The number of amides is 1. The molecular weight excluding hydrogens is 328 g/mol. The number of furan rings is 1. The summed E-state index contributed by atoms with van der Waals surface area (Å²) < 4.78 is 11.0. The normalized spacial score (nSPS) is 10.2. The monoisotopic (exact) mass is 340 g/mol. The van der Waals surface area contributed by atoms with Gasteiger partial charge in [-0.05, 0) is 31.2 Å². The van der Waals surface area contributed by atoms with Crippen molar-refractivity contribution in [3.8, 4) is 11.8 Å². The Labute approximate surface area is 141 Å². The molecule has 0 spiro atoms. The number of carbonyl (C=O) groups is 1. The number of carbonyl (C=O) groups excluding carboxylic acids is 1. The number of hydrogen-bond acceptors (Lipinski definition) is 7. The van der Waals surface area contributed by atoms with Gasteiger partial charge in [0.2, 0.25) is 5.13 Å². The molecule has 2 aromatic heterocycles. The third kappa shape index (κ3) is 3.59. The van der Waals surface area contributed by atoms with Crippen LogP contribution in [0, 0.1) is 18.3 Å². The quantitative estimate of drug-likeness (QED) is 0.765. The first kappa shape index (κ1) is 15.7. The van der Waals surface area contributed by atoms with Crippen LogP contribution in [0.5, 0.6) is 5.75 Å². The first-order valence-corrected chi connectivity index (χ1v) is 7.79. The Balaban J connectivity index is 1.63. The Morgan fingerprint density at radius 2 is 2.17 bits per heavy atom. The third-order valence-corrected chi connectivity index (χ3v) is 3.76. The molecule has 0 radical (unpaired) electrons. The Kier molecular flexibility index (Phi) is 4.54. The van der Waals surface area contributed by atoms with E-state index in [1.807, 2.05) is 0 Å². The van der Waals surface area contributed by atoms with Gasteiger partial charge < -0.3 is 9.15 Å². The highest BCUT2D eigenvalue weighted by atomic mass is 32.1. The highest BCUT2D eigenvalue weighted by Crippen LogP contribution is 2.20. The summed E-state index contributed by atoms with van der Waals surface area (Å²) in [6, 6.07) is 12.2. The Morgan fingerprint density at radius 3 is 2.92 bits per heavy atom. The molecule has 0 aliphatic rings. The van der Waals surface area contributed by atoms with Gasteiger partial charge in [0.05, 0.1) is 5.56 Å². The van der Waals surface area contributed by atoms with E-state index >= 15 is 0 Å². The molecule has 1 N–H and O–H groups in total. The molecule has 0 aliphatic carbocycles. The van der Waals surface area contributed by atoms with Crippen LogP contribution in [0.4, 0.5) is 5.13 Å². The van der Waals surface area contributed by atoms with Crippen molar-refractivity contribution in [2.24, 2.45) is 0 Å². The molecule has 0 saturated carbocycles. The van der Waals surface area contributed by atoms with Crippen LogP contribution in [0.15, 0.2) is 40.8 Å². The minimum atomic E-state index is -0.408. The van der Waals surface area contributed by atoms with Gasteiger partial charge in [0.25, 0.3) is 5.91 Å². The third-order valence-electron chi connectivity index (χ3n) is 3.01. The number of rotatable bonds is 5. The number of para-hydroxylation sites is 1. The first-order chi connectivity index (χ1) is 11.7. The van der Waals surface area contributed by atoms with E-state index in [-0.39, 0.29) is 12.4 Å². The summed E-state index contributed by atoms with van der Waals surface area (Å²) in [5.74, 6) is 0.679. The van der Waals surface area contributed by atoms with E-state index in [1.54, 1.807) is 43.3 Å². The van der Waals surface area contributed by atoms with Gasteiger partial charge >= 0.3 is 0 Å². The van der Waals surface area contributed by atoms with E-state index in [0.29, 0.717) is 22.2 Å². The Bertz CT molecular complexity index is 910. The molecule has 3 aromatic rings. The summed E-state index contributed by atoms with van der Waals surface area (Å²) >= 11 is 1.28. The molecule has 8 heteroatoms. The van der Waals surface area contributed by atoms with Crippen LogP contribution in [0.2, 0.25) is 0 Å². The topological polar surface area (TPSA) is 101 Å². The number of ether oxygens (including phenoxy) is 1. The van der Waals surface area contributed by atoms with Gasteiger partial charge in [0.15, 0.2) is 5.76 Å². The molecule has 0 saturated heterocycles. The fraction of sp³-hybridized carbons (Fsp3) is 0.125. The highest BCUT2D eigenvalue weighted by molar-refractivity contribution is 7.15. The molecular formula is C16H12N4O3S. The number of anilines is 1. The predicted octanol–water partition coefficient (Wildman–Crippen LogP) is 3.14. The molecule has 1 aromatic carbocycles. The number of benzene rings is 1. The van der Waals surface area contributed by atoms with Crippen molar-refractivity contribution in [3.63, 3.8) is 0 Å². The smallest absolute Gasteiger partial charge is 0.293 e. The largest absolute Gasteiger partial charge is 0.484 e. The summed E-state index contributed by atoms with van der Waals surface area (Å²) in [5, 5.41) is 20.4. The molecule has 2 heterocycles. The molecule has 0 atom stereocenters. The van der Waals surface area contributed by atoms with Gasteiger partial charge in [-0.2, -0.15) is 5.26 Å². The molecule has 3 rings (SSSR count). The van der Waals surface area contributed by atoms with Crippen molar-refractivity contribution in [3.05, 3.63) is 58.5 Å². The summed E-state index contributed by atoms with van der Waals surface area (Å²) in [4.78, 5) is 12.1. The lowest BCUT2D eigenvalue weighted by molar-refractivity contribution is 0.0992. The minimum Gasteiger partial charge on any atom is -0.484 e. The Morgan fingerprint density at radius 1 is 1.33 bits per heavy atom. The van der Waals surface area contributed by atoms with Crippen LogP contribution < -0.4 is 10.1 Å². The zero-order chi connectivity index (χ0) is 16.9. The number of hydrogen-bond donors (Lipinski definition) is 1. The van der Waals surface area contributed by atoms with Crippen molar-refractivity contribution in [1.82, 2.24) is 10.2 Å². The van der Waals surface area contributed by atoms with Gasteiger partial charge in [-0.25, -0.2) is 0 Å². The van der Waals surface area contributed by atoms with Crippen LogP contribution >= 0.6 is 11.3 Å². The van der Waals surface area contributed by atoms with Crippen LogP contribution in [0.3, 0.4) is 0 Å². The maximum Gasteiger partial charge on any atom is 0.293 e. The van der Waals surface area contributed by atoms with E-state index in [4.69, 9.17) is 14.4 Å². The standard InChI is InChI=1S/C16H12N4O3S/c1-10-19-20-16(24-10)18-15(21)14-7-6-12(23-14)9-22-13-5-3-2-4-11(13)8-17/h2-7H,9H2,1H3,(H,18,20,21). The van der Waals surface area contributed by atoms with E-state index in [1.165, 1.54) is 11.3 Å². The van der Waals surface area contributed by atoms with E-state index in [2.05, 4.69) is 21.6 Å². The molecule has 0 bridgehead atoms. The molecule has 0 fully saturated rings. The lowest BCUT2D eigenvalue weighted by Crippen LogP contribution is -2.10. The fourth-order valence-electron chi connectivity index (χ4n) is 1.92. The van der Waals surface area contributed by atoms with E-state index < -0.39 is 5.91 Å². The number of aromatic nitrogens is 2. The van der Waals surface area contributed by atoms with Crippen LogP contribution in [0.1, 0.15) is 26.9 Å². The molecule has 120 valence electrons. The first-order valence-electron chi connectivity index (χ1n) is 6.98. The number of nitriles is 1. The fourth-order valence-corrected chi connectivity index (χ4v) is 2.50. The Hall–Kier alpha value is -3.18. The zero-order valence-electron chi connectivity index (χ0n) is 12.6. The second kappa shape index (κ2) is 6.93. The summed E-state index contributed by atoms with van der Waals surface area (Å²) in [7, 11) is 0. The number of nitrogens with one attached hydrogen (secondary N) is 1. The van der Waals surface area contributed by atoms with Crippen LogP contribution in [0.25, 0.3) is 0 Å². The van der Waals surface area contributed by atoms with Crippen molar-refractivity contribution in [2.45, 2.75) is 13.5 Å². The molecule has 24 heavy (non-hydrogen) atoms. The predicted molar refractivity (Wildman–Crippen MR) is 86.8 cm³/mol. The van der Waals surface area contributed by atoms with Crippen molar-refractivity contribution >= 4 is 22.4 Å². The maximum atomic E-state index is 12.1. The van der Waals surface area contributed by atoms with Crippen molar-refractivity contribution < 1.29 is 13.9 Å². The zero-order valence-corrected chi connectivity index (χ0v) is 13.5. The molecule has 0 aliphatic heterocycles. The molecule has 7 nitrogen and oxygen atoms in total. The molecule has 0 unspecified atom stereocenters.